The fourth-order valence-corrected chi connectivity index (χ4v) is 2.62. The molecule has 8 nitrogen and oxygen atoms in total. The van der Waals surface area contributed by atoms with E-state index in [0.29, 0.717) is 12.2 Å². The highest BCUT2D eigenvalue weighted by molar-refractivity contribution is 5.88. The third kappa shape index (κ3) is 4.53. The lowest BCUT2D eigenvalue weighted by Crippen LogP contribution is -2.45. The van der Waals surface area contributed by atoms with E-state index in [9.17, 15) is 4.79 Å². The summed E-state index contributed by atoms with van der Waals surface area (Å²) in [6.07, 6.45) is 7.03. The third-order valence-electron chi connectivity index (χ3n) is 3.81. The van der Waals surface area contributed by atoms with Crippen LogP contribution in [-0.4, -0.2) is 64.6 Å². The average Bonchev–Trinajstić information content (AvgIpc) is 3.04. The first-order valence-electron chi connectivity index (χ1n) is 8.04. The van der Waals surface area contributed by atoms with Crippen LogP contribution in [0.2, 0.25) is 0 Å². The van der Waals surface area contributed by atoms with Crippen molar-refractivity contribution in [1.82, 2.24) is 25.0 Å². The van der Waals surface area contributed by atoms with Gasteiger partial charge in [-0.2, -0.15) is 5.10 Å². The molecule has 0 bridgehead atoms. The number of nitrogens with one attached hydrogen (secondary N) is 2. The van der Waals surface area contributed by atoms with Crippen LogP contribution in [-0.2, 0) is 4.74 Å². The van der Waals surface area contributed by atoms with Crippen LogP contribution in [0, 0.1) is 0 Å². The van der Waals surface area contributed by atoms with Crippen molar-refractivity contribution in [3.05, 3.63) is 36.9 Å². The van der Waals surface area contributed by atoms with Gasteiger partial charge in [-0.05, 0) is 19.1 Å². The lowest BCUT2D eigenvalue weighted by Gasteiger charge is -2.30. The first kappa shape index (κ1) is 16.4. The molecule has 2 aromatic heterocycles. The number of nitrogens with zero attached hydrogens (tertiary/aromatic N) is 4. The summed E-state index contributed by atoms with van der Waals surface area (Å²) >= 11 is 0. The molecule has 128 valence electrons. The number of pyridine rings is 1. The number of amides is 2. The summed E-state index contributed by atoms with van der Waals surface area (Å²) in [5, 5.41) is 9.87. The highest BCUT2D eigenvalue weighted by Gasteiger charge is 2.16. The number of anilines is 1. The quantitative estimate of drug-likeness (QED) is 0.858. The molecule has 1 atom stereocenters. The molecule has 1 fully saturated rings. The number of hydrogen-bond acceptors (Lipinski definition) is 5. The van der Waals surface area contributed by atoms with Crippen LogP contribution in [0.1, 0.15) is 6.92 Å². The van der Waals surface area contributed by atoms with E-state index in [0.717, 1.165) is 31.9 Å². The van der Waals surface area contributed by atoms with Gasteiger partial charge in [0, 0.05) is 38.6 Å². The maximum Gasteiger partial charge on any atom is 0.319 e. The van der Waals surface area contributed by atoms with Gasteiger partial charge in [-0.25, -0.2) is 9.48 Å². The molecule has 3 heterocycles. The Labute approximate surface area is 140 Å². The molecule has 1 saturated heterocycles. The predicted molar refractivity (Wildman–Crippen MR) is 90.2 cm³/mol. The van der Waals surface area contributed by atoms with Crippen molar-refractivity contribution in [1.29, 1.82) is 0 Å². The number of urea groups is 1. The molecule has 0 radical (unpaired) electrons. The van der Waals surface area contributed by atoms with Crippen LogP contribution in [0.25, 0.3) is 5.69 Å². The molecule has 0 aromatic carbocycles. The van der Waals surface area contributed by atoms with Gasteiger partial charge in [0.2, 0.25) is 0 Å². The number of hydrogen-bond donors (Lipinski definition) is 2. The number of morpholine rings is 1. The highest BCUT2D eigenvalue weighted by Crippen LogP contribution is 2.10. The van der Waals surface area contributed by atoms with Gasteiger partial charge in [-0.15, -0.1) is 0 Å². The van der Waals surface area contributed by atoms with E-state index < -0.39 is 0 Å². The molecule has 2 N–H and O–H groups in total. The van der Waals surface area contributed by atoms with Crippen LogP contribution in [0.4, 0.5) is 10.5 Å². The minimum atomic E-state index is -0.231. The van der Waals surface area contributed by atoms with Gasteiger partial charge < -0.3 is 15.4 Å². The monoisotopic (exact) mass is 330 g/mol. The molecule has 0 saturated carbocycles. The lowest BCUT2D eigenvalue weighted by atomic mass is 10.3. The summed E-state index contributed by atoms with van der Waals surface area (Å²) in [6.45, 7) is 6.04. The van der Waals surface area contributed by atoms with E-state index in [-0.39, 0.29) is 12.1 Å². The third-order valence-corrected chi connectivity index (χ3v) is 3.81. The minimum absolute atomic E-state index is 0.231. The normalized spacial score (nSPS) is 18.3. The molecular weight excluding hydrogens is 308 g/mol. The van der Waals surface area contributed by atoms with Gasteiger partial charge >= 0.3 is 6.03 Å². The van der Waals surface area contributed by atoms with Gasteiger partial charge in [-0.1, -0.05) is 0 Å². The van der Waals surface area contributed by atoms with Crippen molar-refractivity contribution in [2.24, 2.45) is 0 Å². The fourth-order valence-electron chi connectivity index (χ4n) is 2.62. The number of rotatable bonds is 5. The largest absolute Gasteiger partial charge is 0.376 e. The molecule has 1 aliphatic heterocycles. The van der Waals surface area contributed by atoms with Gasteiger partial charge in [0.05, 0.1) is 36.5 Å². The Hall–Kier alpha value is -2.45. The second kappa shape index (κ2) is 7.89. The predicted octanol–water partition coefficient (Wildman–Crippen LogP) is 1.11. The summed E-state index contributed by atoms with van der Waals surface area (Å²) in [5.74, 6) is 0. The summed E-state index contributed by atoms with van der Waals surface area (Å²) in [5.41, 5.74) is 1.53. The SMILES string of the molecule is CC1CN(CCNC(=O)Nc2cnn(-c3ccncc3)c2)CCO1. The molecule has 24 heavy (non-hydrogen) atoms. The average molecular weight is 330 g/mol. The van der Waals surface area contributed by atoms with Crippen molar-refractivity contribution in [2.45, 2.75) is 13.0 Å². The summed E-state index contributed by atoms with van der Waals surface area (Å²) in [4.78, 5) is 18.2. The van der Waals surface area contributed by atoms with Gasteiger partial charge in [0.25, 0.3) is 0 Å². The first-order valence-corrected chi connectivity index (χ1v) is 8.04. The number of ether oxygens (including phenoxy) is 1. The van der Waals surface area contributed by atoms with Crippen molar-refractivity contribution in [3.8, 4) is 5.69 Å². The zero-order valence-corrected chi connectivity index (χ0v) is 13.7. The molecule has 1 unspecified atom stereocenters. The smallest absolute Gasteiger partial charge is 0.319 e. The van der Waals surface area contributed by atoms with E-state index in [2.05, 4.69) is 32.5 Å². The molecule has 8 heteroatoms. The van der Waals surface area contributed by atoms with Gasteiger partial charge in [0.1, 0.15) is 0 Å². The van der Waals surface area contributed by atoms with Crippen LogP contribution in [0.5, 0.6) is 0 Å². The van der Waals surface area contributed by atoms with Crippen molar-refractivity contribution in [2.75, 3.05) is 38.1 Å². The number of carbonyl (C=O) groups is 1. The molecule has 3 rings (SSSR count). The van der Waals surface area contributed by atoms with Crippen LogP contribution in [0.3, 0.4) is 0 Å². The van der Waals surface area contributed by atoms with Gasteiger partial charge in [0.15, 0.2) is 0 Å². The molecule has 0 spiro atoms. The Bertz CT molecular complexity index is 660. The highest BCUT2D eigenvalue weighted by atomic mass is 16.5. The second-order valence-corrected chi connectivity index (χ2v) is 5.74. The molecule has 0 aliphatic carbocycles. The number of carbonyl (C=O) groups excluding carboxylic acids is 1. The number of aromatic nitrogens is 3. The minimum Gasteiger partial charge on any atom is -0.376 e. The Morgan fingerprint density at radius 1 is 1.42 bits per heavy atom. The Morgan fingerprint density at radius 3 is 3.04 bits per heavy atom. The zero-order valence-electron chi connectivity index (χ0n) is 13.7. The van der Waals surface area contributed by atoms with Crippen molar-refractivity contribution < 1.29 is 9.53 Å². The Balaban J connectivity index is 1.43. The fraction of sp³-hybridized carbons (Fsp3) is 0.438. The van der Waals surface area contributed by atoms with Crippen LogP contribution < -0.4 is 10.6 Å². The topological polar surface area (TPSA) is 84.3 Å². The molecule has 2 amide bonds. The van der Waals surface area contributed by atoms with E-state index >= 15 is 0 Å². The van der Waals surface area contributed by atoms with Crippen molar-refractivity contribution >= 4 is 11.7 Å². The van der Waals surface area contributed by atoms with Crippen molar-refractivity contribution in [3.63, 3.8) is 0 Å². The second-order valence-electron chi connectivity index (χ2n) is 5.74. The molecule has 2 aromatic rings. The zero-order chi connectivity index (χ0) is 16.8. The lowest BCUT2D eigenvalue weighted by molar-refractivity contribution is -0.0174. The Kier molecular flexibility index (Phi) is 5.39. The first-order chi connectivity index (χ1) is 11.7. The standard InChI is InChI=1S/C16H22N6O2/c1-13-11-21(8-9-24-13)7-6-18-16(23)20-14-10-19-22(12-14)15-2-4-17-5-3-15/h2-5,10,12-13H,6-9,11H2,1H3,(H2,18,20,23). The van der Waals surface area contributed by atoms with Gasteiger partial charge in [-0.3, -0.25) is 9.88 Å². The molecule has 1 aliphatic rings. The van der Waals surface area contributed by atoms with E-state index in [4.69, 9.17) is 4.74 Å². The van der Waals surface area contributed by atoms with Crippen LogP contribution >= 0.6 is 0 Å². The van der Waals surface area contributed by atoms with Crippen LogP contribution in [0.15, 0.2) is 36.9 Å². The Morgan fingerprint density at radius 2 is 2.25 bits per heavy atom. The maximum absolute atomic E-state index is 12.0. The maximum atomic E-state index is 12.0. The van der Waals surface area contributed by atoms with E-state index in [1.54, 1.807) is 29.5 Å². The summed E-state index contributed by atoms with van der Waals surface area (Å²) in [6, 6.07) is 3.46. The summed E-state index contributed by atoms with van der Waals surface area (Å²) in [7, 11) is 0. The van der Waals surface area contributed by atoms with E-state index in [1.807, 2.05) is 12.1 Å². The van der Waals surface area contributed by atoms with E-state index in [1.165, 1.54) is 0 Å². The molecular formula is C16H22N6O2. The summed E-state index contributed by atoms with van der Waals surface area (Å²) < 4.78 is 7.19.